The summed E-state index contributed by atoms with van der Waals surface area (Å²) in [5, 5.41) is 9.10. The minimum Gasteiger partial charge on any atom is -0.487 e. The number of carbonyl (C=O) groups is 1. The minimum atomic E-state index is -0.0507. The Morgan fingerprint density at radius 3 is 1.84 bits per heavy atom. The smallest absolute Gasteiger partial charge is 0.153 e. The fourth-order valence-electron chi connectivity index (χ4n) is 2.57. The highest BCUT2D eigenvalue weighted by molar-refractivity contribution is 5.78. The summed E-state index contributed by atoms with van der Waals surface area (Å²) in [6, 6.07) is 10.9. The van der Waals surface area contributed by atoms with E-state index in [9.17, 15) is 4.79 Å². The van der Waals surface area contributed by atoms with Gasteiger partial charge in [0.15, 0.2) is 6.29 Å². The van der Waals surface area contributed by atoms with E-state index < -0.39 is 0 Å². The van der Waals surface area contributed by atoms with Crippen LogP contribution in [-0.4, -0.2) is 31.3 Å². The third-order valence-corrected chi connectivity index (χ3v) is 4.22. The molecule has 162 valence electrons. The number of nitrogens with zero attached hydrogens (tertiary/aromatic N) is 4. The molecule has 0 aromatic carbocycles. The normalized spacial score (nSPS) is 9.91. The average Bonchev–Trinajstić information content (AvgIpc) is 2.88. The van der Waals surface area contributed by atoms with Gasteiger partial charge in [-0.2, -0.15) is 0 Å². The van der Waals surface area contributed by atoms with Gasteiger partial charge >= 0.3 is 0 Å². The molecule has 0 fully saturated rings. The summed E-state index contributed by atoms with van der Waals surface area (Å²) in [6.45, 7) is 0.748. The summed E-state index contributed by atoms with van der Waals surface area (Å²) in [5.74, 6) is 1.09. The third kappa shape index (κ3) is 6.96. The molecule has 0 aliphatic rings. The Morgan fingerprint density at radius 1 is 0.719 bits per heavy atom. The van der Waals surface area contributed by atoms with Gasteiger partial charge < -0.3 is 14.6 Å². The lowest BCUT2D eigenvalue weighted by atomic mass is 10.2. The first-order valence-electron chi connectivity index (χ1n) is 9.76. The highest BCUT2D eigenvalue weighted by Gasteiger charge is 2.03. The van der Waals surface area contributed by atoms with E-state index >= 15 is 0 Å². The number of hydrogen-bond acceptors (Lipinski definition) is 8. The predicted octanol–water partition coefficient (Wildman–Crippen LogP) is 3.42. The molecule has 4 rings (SSSR count). The Balaban J connectivity index is 0.000000181. The van der Waals surface area contributed by atoms with Crippen molar-refractivity contribution in [2.75, 3.05) is 0 Å². The molecule has 4 heterocycles. The van der Waals surface area contributed by atoms with Crippen LogP contribution < -0.4 is 9.47 Å². The van der Waals surface area contributed by atoms with Crippen LogP contribution in [-0.2, 0) is 19.8 Å². The Morgan fingerprint density at radius 2 is 1.28 bits per heavy atom. The standard InChI is InChI=1S/C12H12N2O2.C12H10N2O2/c2*15-8-11-3-5-14-7-12(11)16-9-10-2-1-4-13-6-10/h1-7,15H,8-9H2;1-8H,9H2. The van der Waals surface area contributed by atoms with E-state index in [4.69, 9.17) is 14.6 Å². The second-order valence-corrected chi connectivity index (χ2v) is 6.47. The van der Waals surface area contributed by atoms with Crippen molar-refractivity contribution in [3.05, 3.63) is 108 Å². The van der Waals surface area contributed by atoms with Gasteiger partial charge in [-0.1, -0.05) is 12.1 Å². The molecular formula is C24H22N4O4. The second kappa shape index (κ2) is 12.5. The van der Waals surface area contributed by atoms with Gasteiger partial charge in [0.25, 0.3) is 0 Å². The molecular weight excluding hydrogens is 408 g/mol. The third-order valence-electron chi connectivity index (χ3n) is 4.22. The first kappa shape index (κ1) is 22.5. The number of carbonyl (C=O) groups excluding carboxylic acids is 1. The van der Waals surface area contributed by atoms with E-state index in [0.717, 1.165) is 23.0 Å². The molecule has 1 N–H and O–H groups in total. The molecule has 4 aromatic heterocycles. The molecule has 8 nitrogen and oxygen atoms in total. The number of pyridine rings is 4. The van der Waals surface area contributed by atoms with Crippen LogP contribution in [0, 0.1) is 0 Å². The lowest BCUT2D eigenvalue weighted by Gasteiger charge is -2.08. The van der Waals surface area contributed by atoms with E-state index in [1.54, 1.807) is 55.5 Å². The summed E-state index contributed by atoms with van der Waals surface area (Å²) < 4.78 is 11.0. The highest BCUT2D eigenvalue weighted by atomic mass is 16.5. The molecule has 0 aliphatic carbocycles. The maximum atomic E-state index is 10.7. The zero-order chi connectivity index (χ0) is 22.4. The van der Waals surface area contributed by atoms with Crippen LogP contribution in [0.15, 0.2) is 86.0 Å². The number of aromatic nitrogens is 4. The minimum absolute atomic E-state index is 0.0507. The van der Waals surface area contributed by atoms with Crippen LogP contribution in [0.2, 0.25) is 0 Å². The van der Waals surface area contributed by atoms with E-state index in [-0.39, 0.29) is 6.61 Å². The SMILES string of the molecule is O=Cc1ccncc1OCc1cccnc1.OCc1ccncc1OCc1cccnc1. The summed E-state index contributed by atoms with van der Waals surface area (Å²) >= 11 is 0. The Hall–Kier alpha value is -4.17. The molecule has 32 heavy (non-hydrogen) atoms. The van der Waals surface area contributed by atoms with Crippen LogP contribution in [0.3, 0.4) is 0 Å². The molecule has 0 bridgehead atoms. The Bertz CT molecular complexity index is 1100. The second-order valence-electron chi connectivity index (χ2n) is 6.47. The molecule has 0 aliphatic heterocycles. The van der Waals surface area contributed by atoms with Gasteiger partial charge in [0, 0.05) is 53.9 Å². The van der Waals surface area contributed by atoms with Crippen molar-refractivity contribution in [3.63, 3.8) is 0 Å². The Labute approximate surface area is 185 Å². The maximum absolute atomic E-state index is 10.7. The number of rotatable bonds is 8. The molecule has 0 radical (unpaired) electrons. The fourth-order valence-corrected chi connectivity index (χ4v) is 2.57. The molecule has 0 spiro atoms. The van der Waals surface area contributed by atoms with E-state index in [1.807, 2.05) is 24.3 Å². The first-order chi connectivity index (χ1) is 15.8. The lowest BCUT2D eigenvalue weighted by molar-refractivity contribution is 0.111. The zero-order valence-electron chi connectivity index (χ0n) is 17.2. The molecule has 0 saturated carbocycles. The molecule has 0 amide bonds. The van der Waals surface area contributed by atoms with Gasteiger partial charge in [-0.3, -0.25) is 24.7 Å². The molecule has 0 atom stereocenters. The molecule has 4 aromatic rings. The van der Waals surface area contributed by atoms with Crippen molar-refractivity contribution in [1.82, 2.24) is 19.9 Å². The van der Waals surface area contributed by atoms with Crippen molar-refractivity contribution in [2.45, 2.75) is 19.8 Å². The maximum Gasteiger partial charge on any atom is 0.153 e. The molecule has 0 unspecified atom stereocenters. The van der Waals surface area contributed by atoms with Crippen molar-refractivity contribution < 1.29 is 19.4 Å². The number of ether oxygens (including phenoxy) is 2. The van der Waals surface area contributed by atoms with E-state index in [2.05, 4.69) is 19.9 Å². The van der Waals surface area contributed by atoms with Gasteiger partial charge in [-0.05, 0) is 24.3 Å². The summed E-state index contributed by atoms with van der Waals surface area (Å²) in [7, 11) is 0. The van der Waals surface area contributed by atoms with Crippen molar-refractivity contribution in [1.29, 1.82) is 0 Å². The van der Waals surface area contributed by atoms with E-state index in [1.165, 1.54) is 6.20 Å². The topological polar surface area (TPSA) is 107 Å². The van der Waals surface area contributed by atoms with Crippen LogP contribution >= 0.6 is 0 Å². The monoisotopic (exact) mass is 430 g/mol. The number of aliphatic hydroxyl groups is 1. The van der Waals surface area contributed by atoms with Crippen molar-refractivity contribution in [3.8, 4) is 11.5 Å². The van der Waals surface area contributed by atoms with Crippen LogP contribution in [0.5, 0.6) is 11.5 Å². The quantitative estimate of drug-likeness (QED) is 0.424. The molecule has 8 heteroatoms. The Kier molecular flexibility index (Phi) is 8.80. The van der Waals surface area contributed by atoms with Crippen LogP contribution in [0.1, 0.15) is 27.0 Å². The summed E-state index contributed by atoms with van der Waals surface area (Å²) in [6.07, 6.45) is 13.9. The highest BCUT2D eigenvalue weighted by Crippen LogP contribution is 2.17. The molecule has 0 saturated heterocycles. The van der Waals surface area contributed by atoms with Crippen LogP contribution in [0.4, 0.5) is 0 Å². The average molecular weight is 430 g/mol. The fraction of sp³-hybridized carbons (Fsp3) is 0.125. The van der Waals surface area contributed by atoms with Crippen LogP contribution in [0.25, 0.3) is 0 Å². The van der Waals surface area contributed by atoms with Gasteiger partial charge in [0.2, 0.25) is 0 Å². The first-order valence-corrected chi connectivity index (χ1v) is 9.76. The number of aliphatic hydroxyl groups excluding tert-OH is 1. The summed E-state index contributed by atoms with van der Waals surface area (Å²) in [4.78, 5) is 26.5. The van der Waals surface area contributed by atoms with Gasteiger partial charge in [-0.15, -0.1) is 0 Å². The van der Waals surface area contributed by atoms with Crippen molar-refractivity contribution in [2.24, 2.45) is 0 Å². The lowest BCUT2D eigenvalue weighted by Crippen LogP contribution is -1.99. The van der Waals surface area contributed by atoms with E-state index in [0.29, 0.717) is 30.3 Å². The van der Waals surface area contributed by atoms with Gasteiger partial charge in [0.1, 0.15) is 24.7 Å². The van der Waals surface area contributed by atoms with Crippen molar-refractivity contribution >= 4 is 6.29 Å². The predicted molar refractivity (Wildman–Crippen MR) is 117 cm³/mol. The summed E-state index contributed by atoms with van der Waals surface area (Å²) in [5.41, 5.74) is 3.16. The number of aldehydes is 1. The largest absolute Gasteiger partial charge is 0.487 e. The number of hydrogen-bond donors (Lipinski definition) is 1. The van der Waals surface area contributed by atoms with Gasteiger partial charge in [0.05, 0.1) is 24.6 Å². The van der Waals surface area contributed by atoms with Gasteiger partial charge in [-0.25, -0.2) is 0 Å². The zero-order valence-corrected chi connectivity index (χ0v) is 17.2.